The van der Waals surface area contributed by atoms with Gasteiger partial charge < -0.3 is 11.5 Å². The van der Waals surface area contributed by atoms with Gasteiger partial charge in [-0.2, -0.15) is 0 Å². The van der Waals surface area contributed by atoms with Crippen LogP contribution >= 0.6 is 0 Å². The van der Waals surface area contributed by atoms with Crippen molar-refractivity contribution in [1.29, 1.82) is 0 Å². The van der Waals surface area contributed by atoms with Crippen LogP contribution in [-0.2, 0) is 0 Å². The highest BCUT2D eigenvalue weighted by Gasteiger charge is 2.02. The van der Waals surface area contributed by atoms with Gasteiger partial charge in [0, 0.05) is 11.8 Å². The Balaban J connectivity index is 3.40. The average Bonchev–Trinajstić information content (AvgIpc) is 1.99. The van der Waals surface area contributed by atoms with Gasteiger partial charge in [-0.1, -0.05) is 12.7 Å². The van der Waals surface area contributed by atoms with Gasteiger partial charge in [-0.25, -0.2) is 4.98 Å². The van der Waals surface area contributed by atoms with E-state index in [0.717, 1.165) is 11.1 Å². The Bertz CT molecular complexity index is 292. The minimum atomic E-state index is 0.366. The third-order valence-electron chi connectivity index (χ3n) is 1.59. The van der Waals surface area contributed by atoms with E-state index in [1.165, 1.54) is 0 Å². The third kappa shape index (κ3) is 1.17. The zero-order valence-corrected chi connectivity index (χ0v) is 6.46. The van der Waals surface area contributed by atoms with Gasteiger partial charge in [0.1, 0.15) is 5.82 Å². The Morgan fingerprint density at radius 2 is 2.18 bits per heavy atom. The van der Waals surface area contributed by atoms with Gasteiger partial charge in [0.05, 0.1) is 5.69 Å². The summed E-state index contributed by atoms with van der Waals surface area (Å²) in [6.07, 6.45) is 3.37. The molecule has 4 N–H and O–H groups in total. The van der Waals surface area contributed by atoms with E-state index in [1.54, 1.807) is 12.3 Å². The van der Waals surface area contributed by atoms with E-state index >= 15 is 0 Å². The lowest BCUT2D eigenvalue weighted by Gasteiger charge is -2.05. The van der Waals surface area contributed by atoms with Crippen molar-refractivity contribution in [3.8, 4) is 0 Å². The molecule has 0 aromatic carbocycles. The molecule has 0 aliphatic heterocycles. The zero-order valence-electron chi connectivity index (χ0n) is 6.46. The molecule has 1 rings (SSSR count). The fourth-order valence-corrected chi connectivity index (χ4v) is 0.927. The quantitative estimate of drug-likeness (QED) is 0.630. The van der Waals surface area contributed by atoms with Gasteiger partial charge in [-0.05, 0) is 12.5 Å². The molecule has 0 amide bonds. The molecule has 1 heterocycles. The van der Waals surface area contributed by atoms with E-state index in [4.69, 9.17) is 11.5 Å². The smallest absolute Gasteiger partial charge is 0.147 e. The highest BCUT2D eigenvalue weighted by atomic mass is 14.9. The zero-order chi connectivity index (χ0) is 8.43. The fourth-order valence-electron chi connectivity index (χ4n) is 0.927. The van der Waals surface area contributed by atoms with E-state index in [1.807, 2.05) is 6.92 Å². The van der Waals surface area contributed by atoms with Crippen LogP contribution in [0.4, 0.5) is 11.5 Å². The first-order valence-corrected chi connectivity index (χ1v) is 3.29. The maximum Gasteiger partial charge on any atom is 0.147 e. The first-order chi connectivity index (χ1) is 5.16. The summed E-state index contributed by atoms with van der Waals surface area (Å²) in [5.41, 5.74) is 13.5. The second-order valence-electron chi connectivity index (χ2n) is 2.36. The molecule has 0 aliphatic carbocycles. The number of hydrogen-bond donors (Lipinski definition) is 2. The lowest BCUT2D eigenvalue weighted by molar-refractivity contribution is 1.27. The SMILES string of the molecule is C=Cc1c(C)cnc(N)c1N. The highest BCUT2D eigenvalue weighted by Crippen LogP contribution is 2.21. The second kappa shape index (κ2) is 2.62. The minimum Gasteiger partial charge on any atom is -0.395 e. The maximum absolute atomic E-state index is 5.64. The number of pyridine rings is 1. The Morgan fingerprint density at radius 1 is 1.55 bits per heavy atom. The van der Waals surface area contributed by atoms with Crippen molar-refractivity contribution >= 4 is 17.6 Å². The van der Waals surface area contributed by atoms with Crippen LogP contribution in [0.2, 0.25) is 0 Å². The Kier molecular flexibility index (Phi) is 1.81. The second-order valence-corrected chi connectivity index (χ2v) is 2.36. The summed E-state index contributed by atoms with van der Waals surface area (Å²) in [4.78, 5) is 3.89. The third-order valence-corrected chi connectivity index (χ3v) is 1.59. The van der Waals surface area contributed by atoms with E-state index in [9.17, 15) is 0 Å². The largest absolute Gasteiger partial charge is 0.395 e. The van der Waals surface area contributed by atoms with Crippen LogP contribution in [0, 0.1) is 6.92 Å². The summed E-state index contributed by atoms with van der Waals surface area (Å²) >= 11 is 0. The Hall–Kier alpha value is -1.51. The van der Waals surface area contributed by atoms with Crippen LogP contribution in [0.5, 0.6) is 0 Å². The molecule has 58 valence electrons. The molecule has 0 atom stereocenters. The molecule has 11 heavy (non-hydrogen) atoms. The van der Waals surface area contributed by atoms with E-state index in [-0.39, 0.29) is 0 Å². The summed E-state index contributed by atoms with van der Waals surface area (Å²) < 4.78 is 0. The fraction of sp³-hybridized carbons (Fsp3) is 0.125. The Labute approximate surface area is 65.7 Å². The van der Waals surface area contributed by atoms with Crippen molar-refractivity contribution in [2.75, 3.05) is 11.5 Å². The number of nitrogen functional groups attached to an aromatic ring is 2. The molecule has 0 unspecified atom stereocenters. The molecule has 0 bridgehead atoms. The van der Waals surface area contributed by atoms with Crippen molar-refractivity contribution in [2.24, 2.45) is 0 Å². The van der Waals surface area contributed by atoms with Crippen molar-refractivity contribution in [3.63, 3.8) is 0 Å². The Morgan fingerprint density at radius 3 is 2.64 bits per heavy atom. The van der Waals surface area contributed by atoms with Gasteiger partial charge in [-0.15, -0.1) is 0 Å². The number of aryl methyl sites for hydroxylation is 1. The van der Waals surface area contributed by atoms with Crippen LogP contribution in [0.25, 0.3) is 6.08 Å². The first kappa shape index (κ1) is 7.60. The molecular weight excluding hydrogens is 138 g/mol. The molecule has 0 radical (unpaired) electrons. The monoisotopic (exact) mass is 149 g/mol. The molecule has 0 saturated heterocycles. The molecule has 1 aromatic heterocycles. The molecule has 0 fully saturated rings. The van der Waals surface area contributed by atoms with Crippen LogP contribution in [0.1, 0.15) is 11.1 Å². The van der Waals surface area contributed by atoms with Crippen LogP contribution < -0.4 is 11.5 Å². The van der Waals surface area contributed by atoms with Gasteiger partial charge in [-0.3, -0.25) is 0 Å². The van der Waals surface area contributed by atoms with E-state index < -0.39 is 0 Å². The van der Waals surface area contributed by atoms with Gasteiger partial charge in [0.15, 0.2) is 0 Å². The number of anilines is 2. The minimum absolute atomic E-state index is 0.366. The molecule has 3 heteroatoms. The van der Waals surface area contributed by atoms with Crippen molar-refractivity contribution in [2.45, 2.75) is 6.92 Å². The predicted molar refractivity (Wildman–Crippen MR) is 47.9 cm³/mol. The summed E-state index contributed by atoms with van der Waals surface area (Å²) in [6, 6.07) is 0. The summed E-state index contributed by atoms with van der Waals surface area (Å²) in [6.45, 7) is 5.55. The molecule has 1 aromatic rings. The number of nitrogens with zero attached hydrogens (tertiary/aromatic N) is 1. The van der Waals surface area contributed by atoms with Crippen molar-refractivity contribution < 1.29 is 0 Å². The van der Waals surface area contributed by atoms with E-state index in [0.29, 0.717) is 11.5 Å². The molecule has 0 saturated carbocycles. The average molecular weight is 149 g/mol. The lowest BCUT2D eigenvalue weighted by Crippen LogP contribution is -2.01. The maximum atomic E-state index is 5.64. The van der Waals surface area contributed by atoms with Gasteiger partial charge >= 0.3 is 0 Å². The van der Waals surface area contributed by atoms with Crippen LogP contribution in [-0.4, -0.2) is 4.98 Å². The predicted octanol–water partition coefficient (Wildman–Crippen LogP) is 1.20. The summed E-state index contributed by atoms with van der Waals surface area (Å²) in [5.74, 6) is 0.366. The summed E-state index contributed by atoms with van der Waals surface area (Å²) in [7, 11) is 0. The topological polar surface area (TPSA) is 64.9 Å². The molecule has 3 nitrogen and oxygen atoms in total. The van der Waals surface area contributed by atoms with Crippen LogP contribution in [0.15, 0.2) is 12.8 Å². The first-order valence-electron chi connectivity index (χ1n) is 3.29. The van der Waals surface area contributed by atoms with Gasteiger partial charge in [0.2, 0.25) is 0 Å². The van der Waals surface area contributed by atoms with Crippen molar-refractivity contribution in [1.82, 2.24) is 4.98 Å². The molecule has 0 spiro atoms. The normalized spacial score (nSPS) is 9.55. The standard InChI is InChI=1S/C8H11N3/c1-3-6-5(2)4-11-8(10)7(6)9/h3-4H,1,9H2,2H3,(H2,10,11). The molecular formula is C8H11N3. The van der Waals surface area contributed by atoms with Gasteiger partial charge in [0.25, 0.3) is 0 Å². The lowest BCUT2D eigenvalue weighted by atomic mass is 10.1. The number of hydrogen-bond acceptors (Lipinski definition) is 3. The summed E-state index contributed by atoms with van der Waals surface area (Å²) in [5, 5.41) is 0. The van der Waals surface area contributed by atoms with Crippen LogP contribution in [0.3, 0.4) is 0 Å². The number of rotatable bonds is 1. The van der Waals surface area contributed by atoms with E-state index in [2.05, 4.69) is 11.6 Å². The number of nitrogens with two attached hydrogens (primary N) is 2. The van der Waals surface area contributed by atoms with Crippen molar-refractivity contribution in [3.05, 3.63) is 23.9 Å². The number of aromatic nitrogens is 1. The molecule has 0 aliphatic rings. The highest BCUT2D eigenvalue weighted by molar-refractivity contribution is 5.74.